The minimum Gasteiger partial charge on any atom is -0.394 e. The van der Waals surface area contributed by atoms with Crippen LogP contribution in [0.25, 0.3) is 10.9 Å². The lowest BCUT2D eigenvalue weighted by Gasteiger charge is -2.07. The number of thioether (sulfide) groups is 1. The highest BCUT2D eigenvalue weighted by atomic mass is 32.2. The maximum atomic E-state index is 13.1. The molecule has 6 heteroatoms. The Morgan fingerprint density at radius 3 is 2.94 bits per heavy atom. The molecule has 1 atom stereocenters. The van der Waals surface area contributed by atoms with Crippen LogP contribution in [-0.4, -0.2) is 38.6 Å². The Hall–Kier alpha value is -1.24. The van der Waals surface area contributed by atoms with Gasteiger partial charge in [-0.1, -0.05) is 0 Å². The normalized spacial score (nSPS) is 12.9. The summed E-state index contributed by atoms with van der Waals surface area (Å²) in [6.07, 6.45) is 0.590. The predicted molar refractivity (Wildman–Crippen MR) is 63.3 cm³/mol. The molecule has 1 aromatic heterocycles. The number of fused-ring (bicyclic) bond motifs is 1. The van der Waals surface area contributed by atoms with Crippen LogP contribution in [0, 0.1) is 5.82 Å². The molecule has 0 saturated heterocycles. The molecular weight excluding hydrogens is 243 g/mol. The number of hydrogen-bond donors (Lipinski definition) is 2. The van der Waals surface area contributed by atoms with E-state index in [-0.39, 0.29) is 12.4 Å². The Labute approximate surface area is 102 Å². The number of hydrogen-bond acceptors (Lipinski definition) is 5. The van der Waals surface area contributed by atoms with Crippen molar-refractivity contribution < 1.29 is 14.6 Å². The van der Waals surface area contributed by atoms with E-state index in [1.54, 1.807) is 6.07 Å². The average molecular weight is 254 g/mol. The van der Waals surface area contributed by atoms with Gasteiger partial charge in [-0.05, 0) is 18.2 Å². The van der Waals surface area contributed by atoms with Crippen LogP contribution in [0.15, 0.2) is 29.6 Å². The molecule has 1 heterocycles. The number of halogens is 1. The number of benzene rings is 1. The lowest BCUT2D eigenvalue weighted by Crippen LogP contribution is -2.14. The molecule has 0 fully saturated rings. The van der Waals surface area contributed by atoms with Crippen LogP contribution in [0.5, 0.6) is 0 Å². The van der Waals surface area contributed by atoms with Crippen LogP contribution in [0.3, 0.4) is 0 Å². The second-order valence-corrected chi connectivity index (χ2v) is 4.50. The van der Waals surface area contributed by atoms with E-state index in [1.807, 2.05) is 0 Å². The summed E-state index contributed by atoms with van der Waals surface area (Å²) in [6.45, 7) is -0.301. The zero-order valence-electron chi connectivity index (χ0n) is 8.88. The first-order valence-corrected chi connectivity index (χ1v) is 6.01. The summed E-state index contributed by atoms with van der Waals surface area (Å²) in [5.74, 6) is -0.0454. The van der Waals surface area contributed by atoms with Crippen molar-refractivity contribution in [2.75, 3.05) is 12.4 Å². The van der Waals surface area contributed by atoms with Crippen LogP contribution < -0.4 is 0 Å². The van der Waals surface area contributed by atoms with E-state index < -0.39 is 6.10 Å². The molecule has 0 spiro atoms. The van der Waals surface area contributed by atoms with Crippen molar-refractivity contribution in [2.24, 2.45) is 0 Å². The molecule has 0 radical (unpaired) electrons. The Morgan fingerprint density at radius 2 is 2.18 bits per heavy atom. The van der Waals surface area contributed by atoms with E-state index in [1.165, 1.54) is 30.2 Å². The number of rotatable bonds is 4. The molecule has 2 aromatic rings. The van der Waals surface area contributed by atoms with Gasteiger partial charge in [-0.15, -0.1) is 11.8 Å². The smallest absolute Gasteiger partial charge is 0.124 e. The highest BCUT2D eigenvalue weighted by molar-refractivity contribution is 7.99. The summed E-state index contributed by atoms with van der Waals surface area (Å²) in [6, 6.07) is 4.29. The Kier molecular flexibility index (Phi) is 3.88. The van der Waals surface area contributed by atoms with Gasteiger partial charge >= 0.3 is 0 Å². The van der Waals surface area contributed by atoms with Crippen LogP contribution in [0.2, 0.25) is 0 Å². The van der Waals surface area contributed by atoms with Gasteiger partial charge in [0.1, 0.15) is 17.2 Å². The molecule has 0 amide bonds. The topological polar surface area (TPSA) is 66.2 Å². The average Bonchev–Trinajstić information content (AvgIpc) is 2.35. The van der Waals surface area contributed by atoms with Gasteiger partial charge in [0.15, 0.2) is 0 Å². The predicted octanol–water partition coefficient (Wildman–Crippen LogP) is 1.21. The van der Waals surface area contributed by atoms with Crippen molar-refractivity contribution >= 4 is 22.7 Å². The minimum atomic E-state index is -0.807. The quantitative estimate of drug-likeness (QED) is 0.634. The number of nitrogens with zero attached hydrogens (tertiary/aromatic N) is 2. The van der Waals surface area contributed by atoms with Crippen molar-refractivity contribution in [1.82, 2.24) is 9.97 Å². The van der Waals surface area contributed by atoms with Gasteiger partial charge in [-0.2, -0.15) is 0 Å². The zero-order chi connectivity index (χ0) is 12.3. The summed E-state index contributed by atoms with van der Waals surface area (Å²) >= 11 is 1.26. The minimum absolute atomic E-state index is 0.301. The van der Waals surface area contributed by atoms with Crippen LogP contribution in [0.4, 0.5) is 4.39 Å². The number of aliphatic hydroxyl groups excluding tert-OH is 2. The van der Waals surface area contributed by atoms with E-state index in [0.29, 0.717) is 21.7 Å². The summed E-state index contributed by atoms with van der Waals surface area (Å²) in [4.78, 5) is 8.07. The monoisotopic (exact) mass is 254 g/mol. The van der Waals surface area contributed by atoms with Gasteiger partial charge in [0.2, 0.25) is 0 Å². The largest absolute Gasteiger partial charge is 0.394 e. The van der Waals surface area contributed by atoms with Gasteiger partial charge in [0, 0.05) is 11.1 Å². The molecule has 2 rings (SSSR count). The first-order valence-electron chi connectivity index (χ1n) is 5.02. The lowest BCUT2D eigenvalue weighted by atomic mass is 10.2. The van der Waals surface area contributed by atoms with Gasteiger partial charge in [0.05, 0.1) is 18.2 Å². The van der Waals surface area contributed by atoms with Crippen LogP contribution in [-0.2, 0) is 0 Å². The molecule has 0 bridgehead atoms. The van der Waals surface area contributed by atoms with Crippen molar-refractivity contribution in [3.05, 3.63) is 30.3 Å². The van der Waals surface area contributed by atoms with Crippen molar-refractivity contribution in [3.8, 4) is 0 Å². The first-order chi connectivity index (χ1) is 8.20. The number of aromatic nitrogens is 2. The summed E-state index contributed by atoms with van der Waals surface area (Å²) in [7, 11) is 0. The molecule has 1 aromatic carbocycles. The molecule has 4 nitrogen and oxygen atoms in total. The fraction of sp³-hybridized carbons (Fsp3) is 0.273. The second kappa shape index (κ2) is 5.39. The summed E-state index contributed by atoms with van der Waals surface area (Å²) in [5.41, 5.74) is 0.655. The summed E-state index contributed by atoms with van der Waals surface area (Å²) < 4.78 is 13.1. The number of aliphatic hydroxyl groups is 2. The molecule has 17 heavy (non-hydrogen) atoms. The zero-order valence-corrected chi connectivity index (χ0v) is 9.69. The van der Waals surface area contributed by atoms with E-state index in [2.05, 4.69) is 9.97 Å². The molecule has 90 valence electrons. The Bertz CT molecular complexity index is 524. The lowest BCUT2D eigenvalue weighted by molar-refractivity contribution is 0.113. The van der Waals surface area contributed by atoms with Crippen LogP contribution >= 0.6 is 11.8 Å². The summed E-state index contributed by atoms with van der Waals surface area (Å²) in [5, 5.41) is 19.2. The maximum absolute atomic E-state index is 13.1. The Morgan fingerprint density at radius 1 is 1.35 bits per heavy atom. The first kappa shape index (κ1) is 12.2. The van der Waals surface area contributed by atoms with Gasteiger partial charge in [-0.3, -0.25) is 0 Å². The van der Waals surface area contributed by atoms with Crippen molar-refractivity contribution in [3.63, 3.8) is 0 Å². The fourth-order valence-electron chi connectivity index (χ4n) is 1.35. The molecular formula is C11H11FN2O2S. The molecule has 0 aliphatic rings. The fourth-order valence-corrected chi connectivity index (χ4v) is 2.24. The molecule has 0 aliphatic carbocycles. The van der Waals surface area contributed by atoms with E-state index >= 15 is 0 Å². The van der Waals surface area contributed by atoms with E-state index in [0.717, 1.165) is 0 Å². The third-order valence-corrected chi connectivity index (χ3v) is 3.33. The van der Waals surface area contributed by atoms with Gasteiger partial charge in [0.25, 0.3) is 0 Å². The highest BCUT2D eigenvalue weighted by Gasteiger charge is 2.08. The highest BCUT2D eigenvalue weighted by Crippen LogP contribution is 2.25. The van der Waals surface area contributed by atoms with E-state index in [9.17, 15) is 9.50 Å². The third-order valence-electron chi connectivity index (χ3n) is 2.18. The second-order valence-electron chi connectivity index (χ2n) is 3.49. The van der Waals surface area contributed by atoms with Crippen LogP contribution in [0.1, 0.15) is 0 Å². The van der Waals surface area contributed by atoms with Gasteiger partial charge in [-0.25, -0.2) is 14.4 Å². The third kappa shape index (κ3) is 2.91. The molecule has 0 aliphatic heterocycles. The Balaban J connectivity index is 2.30. The van der Waals surface area contributed by atoms with Crippen molar-refractivity contribution in [2.45, 2.75) is 11.1 Å². The van der Waals surface area contributed by atoms with E-state index in [4.69, 9.17) is 5.11 Å². The van der Waals surface area contributed by atoms with Crippen molar-refractivity contribution in [1.29, 1.82) is 0 Å². The van der Waals surface area contributed by atoms with Gasteiger partial charge < -0.3 is 10.2 Å². The SMILES string of the molecule is OCC(O)CSc1ncnc2ccc(F)cc12. The maximum Gasteiger partial charge on any atom is 0.124 e. The molecule has 2 N–H and O–H groups in total. The molecule has 1 unspecified atom stereocenters. The molecule has 0 saturated carbocycles. The standard InChI is InChI=1S/C11H11FN2O2S/c12-7-1-2-10-9(3-7)11(14-6-13-10)17-5-8(16)4-15/h1-3,6,8,15-16H,4-5H2.